The number of nitrogens with zero attached hydrogens (tertiary/aromatic N) is 1. The minimum Gasteiger partial charge on any atom is -0.298 e. The third-order valence-electron chi connectivity index (χ3n) is 2.12. The Bertz CT molecular complexity index is 134. The van der Waals surface area contributed by atoms with Crippen LogP contribution in [0.1, 0.15) is 32.6 Å². The van der Waals surface area contributed by atoms with Crippen molar-refractivity contribution < 1.29 is 4.79 Å². The van der Waals surface area contributed by atoms with Crippen LogP contribution < -0.4 is 0 Å². The molecule has 0 aliphatic carbocycles. The summed E-state index contributed by atoms with van der Waals surface area (Å²) in [5.74, 6) is 0.427. The minimum atomic E-state index is 0.427. The van der Waals surface area contributed by atoms with E-state index in [1.807, 2.05) is 0 Å². The highest BCUT2D eigenvalue weighted by atomic mass is 16.1. The van der Waals surface area contributed by atoms with Crippen LogP contribution >= 0.6 is 0 Å². The molecule has 64 valence electrons. The van der Waals surface area contributed by atoms with Gasteiger partial charge in [0.2, 0.25) is 0 Å². The van der Waals surface area contributed by atoms with Gasteiger partial charge in [-0.25, -0.2) is 0 Å². The fourth-order valence-electron chi connectivity index (χ4n) is 1.57. The molecule has 0 unspecified atom stereocenters. The zero-order valence-corrected chi connectivity index (χ0v) is 7.31. The first-order valence-corrected chi connectivity index (χ1v) is 4.57. The Morgan fingerprint density at radius 3 is 3.00 bits per heavy atom. The number of ketones is 1. The van der Waals surface area contributed by atoms with E-state index in [0.717, 1.165) is 32.4 Å². The summed E-state index contributed by atoms with van der Waals surface area (Å²) in [5, 5.41) is 0. The van der Waals surface area contributed by atoms with E-state index >= 15 is 0 Å². The van der Waals surface area contributed by atoms with Crippen molar-refractivity contribution in [1.82, 2.24) is 4.90 Å². The minimum absolute atomic E-state index is 0.427. The number of Topliss-reactive ketones (excluding diaryl/α,β-unsaturated/α-hetero) is 1. The van der Waals surface area contributed by atoms with Crippen molar-refractivity contribution >= 4 is 5.78 Å². The molecule has 0 atom stereocenters. The van der Waals surface area contributed by atoms with Gasteiger partial charge in [0.25, 0.3) is 0 Å². The Balaban J connectivity index is 2.33. The van der Waals surface area contributed by atoms with Crippen molar-refractivity contribution in [2.45, 2.75) is 32.6 Å². The monoisotopic (exact) mass is 155 g/mol. The van der Waals surface area contributed by atoms with Gasteiger partial charge >= 0.3 is 0 Å². The number of likely N-dealkylation sites (tertiary alicyclic amines) is 1. The van der Waals surface area contributed by atoms with E-state index in [-0.39, 0.29) is 0 Å². The maximum absolute atomic E-state index is 11.1. The number of carbonyl (C=O) groups is 1. The lowest BCUT2D eigenvalue weighted by Gasteiger charge is -2.17. The summed E-state index contributed by atoms with van der Waals surface area (Å²) in [5.41, 5.74) is 0. The zero-order chi connectivity index (χ0) is 8.10. The van der Waals surface area contributed by atoms with Crippen LogP contribution in [-0.2, 0) is 4.79 Å². The molecule has 0 amide bonds. The summed E-state index contributed by atoms with van der Waals surface area (Å²) in [4.78, 5) is 13.4. The largest absolute Gasteiger partial charge is 0.298 e. The van der Waals surface area contributed by atoms with Crippen LogP contribution in [0.2, 0.25) is 0 Å². The molecule has 2 nitrogen and oxygen atoms in total. The fourth-order valence-corrected chi connectivity index (χ4v) is 1.57. The van der Waals surface area contributed by atoms with E-state index in [4.69, 9.17) is 0 Å². The molecule has 0 radical (unpaired) electrons. The highest BCUT2D eigenvalue weighted by Crippen LogP contribution is 2.06. The van der Waals surface area contributed by atoms with Crippen LogP contribution in [0.15, 0.2) is 0 Å². The molecule has 1 aliphatic heterocycles. The van der Waals surface area contributed by atoms with Gasteiger partial charge in [0.05, 0.1) is 6.54 Å². The quantitative estimate of drug-likeness (QED) is 0.601. The number of hydrogen-bond acceptors (Lipinski definition) is 2. The second-order valence-electron chi connectivity index (χ2n) is 3.27. The van der Waals surface area contributed by atoms with Gasteiger partial charge in [0.1, 0.15) is 5.78 Å². The van der Waals surface area contributed by atoms with Gasteiger partial charge in [-0.05, 0) is 32.4 Å². The Labute approximate surface area is 68.6 Å². The lowest BCUT2D eigenvalue weighted by molar-refractivity contribution is -0.119. The summed E-state index contributed by atoms with van der Waals surface area (Å²) >= 11 is 0. The Morgan fingerprint density at radius 1 is 1.45 bits per heavy atom. The highest BCUT2D eigenvalue weighted by molar-refractivity contribution is 5.80. The van der Waals surface area contributed by atoms with Crippen LogP contribution in [0.4, 0.5) is 0 Å². The third kappa shape index (κ3) is 3.02. The van der Waals surface area contributed by atoms with Crippen LogP contribution in [-0.4, -0.2) is 30.3 Å². The summed E-state index contributed by atoms with van der Waals surface area (Å²) in [7, 11) is 0. The average Bonchev–Trinajstić information content (AvgIpc) is 2.15. The molecule has 0 aromatic carbocycles. The molecule has 1 saturated heterocycles. The highest BCUT2D eigenvalue weighted by Gasteiger charge is 2.13. The summed E-state index contributed by atoms with van der Waals surface area (Å²) in [6, 6.07) is 0. The molecule has 0 N–H and O–H groups in total. The van der Waals surface area contributed by atoms with Gasteiger partial charge in [-0.2, -0.15) is 0 Å². The van der Waals surface area contributed by atoms with E-state index in [2.05, 4.69) is 11.8 Å². The Hall–Kier alpha value is -0.370. The van der Waals surface area contributed by atoms with E-state index in [1.54, 1.807) is 0 Å². The van der Waals surface area contributed by atoms with Gasteiger partial charge in [-0.15, -0.1) is 0 Å². The van der Waals surface area contributed by atoms with Gasteiger partial charge < -0.3 is 0 Å². The molecule has 2 heteroatoms. The second-order valence-corrected chi connectivity index (χ2v) is 3.27. The van der Waals surface area contributed by atoms with Gasteiger partial charge in [0.15, 0.2) is 0 Å². The molecule has 1 rings (SSSR count). The predicted molar refractivity (Wildman–Crippen MR) is 45.6 cm³/mol. The fraction of sp³-hybridized carbons (Fsp3) is 0.889. The molecule has 1 aliphatic rings. The smallest absolute Gasteiger partial charge is 0.146 e. The van der Waals surface area contributed by atoms with E-state index in [0.29, 0.717) is 12.3 Å². The molecule has 11 heavy (non-hydrogen) atoms. The van der Waals surface area contributed by atoms with Crippen molar-refractivity contribution in [2.24, 2.45) is 0 Å². The maximum atomic E-state index is 11.1. The van der Waals surface area contributed by atoms with Crippen LogP contribution in [0, 0.1) is 0 Å². The van der Waals surface area contributed by atoms with Crippen LogP contribution in [0.3, 0.4) is 0 Å². The van der Waals surface area contributed by atoms with Gasteiger partial charge in [0, 0.05) is 6.42 Å². The zero-order valence-electron chi connectivity index (χ0n) is 7.31. The van der Waals surface area contributed by atoms with Crippen molar-refractivity contribution in [2.75, 3.05) is 19.6 Å². The first-order chi connectivity index (χ1) is 5.33. The number of hydrogen-bond donors (Lipinski definition) is 0. The predicted octanol–water partition coefficient (Wildman–Crippen LogP) is 1.45. The molecule has 0 aromatic rings. The van der Waals surface area contributed by atoms with E-state index in [9.17, 15) is 4.79 Å². The van der Waals surface area contributed by atoms with Gasteiger partial charge in [-0.3, -0.25) is 9.69 Å². The Kier molecular flexibility index (Phi) is 3.57. The molecule has 0 aromatic heterocycles. The maximum Gasteiger partial charge on any atom is 0.146 e. The molecule has 0 spiro atoms. The third-order valence-corrected chi connectivity index (χ3v) is 2.12. The molecule has 0 bridgehead atoms. The average molecular weight is 155 g/mol. The van der Waals surface area contributed by atoms with Crippen molar-refractivity contribution in [3.8, 4) is 0 Å². The normalized spacial score (nSPS) is 21.7. The van der Waals surface area contributed by atoms with Crippen LogP contribution in [0.5, 0.6) is 0 Å². The second kappa shape index (κ2) is 4.50. The van der Waals surface area contributed by atoms with E-state index in [1.165, 1.54) is 6.42 Å². The van der Waals surface area contributed by atoms with E-state index < -0.39 is 0 Å². The molecular weight excluding hydrogens is 138 g/mol. The standard InChI is InChI=1S/C9H17NO/c1-2-6-10-7-4-3-5-9(11)8-10/h2-8H2,1H3. The summed E-state index contributed by atoms with van der Waals surface area (Å²) in [6.07, 6.45) is 4.26. The first kappa shape index (κ1) is 8.72. The molecule has 0 saturated carbocycles. The van der Waals surface area contributed by atoms with Crippen molar-refractivity contribution in [1.29, 1.82) is 0 Å². The molecular formula is C9H17NO. The molecule has 1 fully saturated rings. The Morgan fingerprint density at radius 2 is 2.27 bits per heavy atom. The lowest BCUT2D eigenvalue weighted by Crippen LogP contribution is -2.29. The molecule has 1 heterocycles. The number of rotatable bonds is 2. The van der Waals surface area contributed by atoms with Crippen LogP contribution in [0.25, 0.3) is 0 Å². The van der Waals surface area contributed by atoms with Crippen molar-refractivity contribution in [3.63, 3.8) is 0 Å². The number of carbonyl (C=O) groups excluding carboxylic acids is 1. The topological polar surface area (TPSA) is 20.3 Å². The SMILES string of the molecule is CCCN1CCCCC(=O)C1. The lowest BCUT2D eigenvalue weighted by atomic mass is 10.2. The summed E-state index contributed by atoms with van der Waals surface area (Å²) in [6.45, 7) is 5.08. The summed E-state index contributed by atoms with van der Waals surface area (Å²) < 4.78 is 0. The first-order valence-electron chi connectivity index (χ1n) is 4.57. The van der Waals surface area contributed by atoms with Crippen molar-refractivity contribution in [3.05, 3.63) is 0 Å². The van der Waals surface area contributed by atoms with Gasteiger partial charge in [-0.1, -0.05) is 6.92 Å².